The average Bonchev–Trinajstić information content (AvgIpc) is 1.67. The van der Waals surface area contributed by atoms with E-state index in [-0.39, 0.29) is 67.1 Å². The summed E-state index contributed by atoms with van der Waals surface area (Å²) in [6, 6.07) is 35.0. The van der Waals surface area contributed by atoms with Gasteiger partial charge in [0.1, 0.15) is 5.60 Å². The van der Waals surface area contributed by atoms with Crippen molar-refractivity contribution in [2.24, 2.45) is 0 Å². The summed E-state index contributed by atoms with van der Waals surface area (Å²) in [4.78, 5) is 81.0. The van der Waals surface area contributed by atoms with Gasteiger partial charge in [-0.15, -0.1) is 0 Å². The molecule has 0 aliphatic carbocycles. The summed E-state index contributed by atoms with van der Waals surface area (Å²) >= 11 is 0. The van der Waals surface area contributed by atoms with Gasteiger partial charge in [-0.05, 0) is 169 Å². The molecule has 4 aromatic heterocycles. The van der Waals surface area contributed by atoms with Crippen molar-refractivity contribution in [3.8, 4) is 22.3 Å². The van der Waals surface area contributed by atoms with Gasteiger partial charge in [0.2, 0.25) is 23.6 Å². The number of amides is 5. The maximum absolute atomic E-state index is 13.1. The zero-order chi connectivity index (χ0) is 76.8. The van der Waals surface area contributed by atoms with Crippen molar-refractivity contribution >= 4 is 63.2 Å². The van der Waals surface area contributed by atoms with Gasteiger partial charge in [-0.3, -0.25) is 29.0 Å². The fourth-order valence-electron chi connectivity index (χ4n) is 15.0. The molecule has 5 amide bonds. The van der Waals surface area contributed by atoms with Crippen LogP contribution in [0, 0.1) is 0 Å². The fourth-order valence-corrected chi connectivity index (χ4v) is 15.0. The Balaban J connectivity index is 0.000000218. The van der Waals surface area contributed by atoms with E-state index < -0.39 is 5.60 Å². The van der Waals surface area contributed by atoms with E-state index in [9.17, 15) is 24.0 Å². The average molecular weight is 1490 g/mol. The molecule has 4 saturated heterocycles. The van der Waals surface area contributed by atoms with E-state index in [2.05, 4.69) is 172 Å². The number of benzene rings is 4. The Morgan fingerprint density at radius 1 is 0.523 bits per heavy atom. The first-order valence-electron chi connectivity index (χ1n) is 39.8. The van der Waals surface area contributed by atoms with Crippen LogP contribution in [0.15, 0.2) is 109 Å². The van der Waals surface area contributed by atoms with Gasteiger partial charge in [0.25, 0.3) is 0 Å². The highest BCUT2D eigenvalue weighted by molar-refractivity contribution is 5.93. The van der Waals surface area contributed by atoms with Gasteiger partial charge in [-0.1, -0.05) is 86.6 Å². The van der Waals surface area contributed by atoms with Gasteiger partial charge in [0, 0.05) is 190 Å². The standard InChI is InChI=1S/C45H62N8O5.C40H54N8O3/c1-7-39-37(42(49-36-18-22-57-23-19-36)38-28-48-53(8-2)43(38)50-39)27-47-41(55)17-11-16-40(54)46-26-32-12-9-14-34(24-32)35-15-10-13-33(25-35)30-51-20-21-52(31(3)29-51)44(56)58-45(4,5)6;1-4-36-34(39(45-33-15-19-51-20-16-33)35-25-44-48(5-2)40(35)46-36)24-43-38(50)14-8-13-37(49)42-23-29-9-6-11-31(21-29)32-12-7-10-30(22-32)27-47-18-17-41-28(3)26-47/h9-10,12-15,24-25,28,31,36H,7-8,11,16-23,26-27,29-30H2,1-6H3,(H,46,54)(H,47,55)(H,49,50);6-7,9-12,21-22,25,28,33,41H,4-5,8,13-20,23-24,26-27H2,1-3H3,(H,42,49)(H,43,50)(H,45,46)/t31-;28-/m00/s1. The van der Waals surface area contributed by atoms with Crippen LogP contribution in [0.2, 0.25) is 0 Å². The molecule has 0 saturated carbocycles. The summed E-state index contributed by atoms with van der Waals surface area (Å²) in [7, 11) is 0. The Kier molecular flexibility index (Phi) is 29.1. The Bertz CT molecular complexity index is 4360. The smallest absolute Gasteiger partial charge is 0.410 e. The van der Waals surface area contributed by atoms with Gasteiger partial charge in [0.15, 0.2) is 11.3 Å². The van der Waals surface area contributed by atoms with E-state index in [1.54, 1.807) is 0 Å². The van der Waals surface area contributed by atoms with Crippen LogP contribution >= 0.6 is 0 Å². The monoisotopic (exact) mass is 1490 g/mol. The van der Waals surface area contributed by atoms with Crippen molar-refractivity contribution in [2.45, 2.75) is 221 Å². The number of pyridine rings is 2. The minimum absolute atomic E-state index is 0.0562. The normalized spacial score (nSPS) is 16.8. The molecule has 24 heteroatoms. The number of nitrogens with one attached hydrogen (secondary N) is 7. The molecule has 4 aliphatic heterocycles. The number of nitrogens with zero attached hydrogens (tertiary/aromatic N) is 9. The maximum atomic E-state index is 13.1. The van der Waals surface area contributed by atoms with Crippen LogP contribution in [0.5, 0.6) is 0 Å². The molecule has 12 rings (SSSR count). The fraction of sp³-hybridized carbons (Fsp3) is 0.518. The molecule has 0 unspecified atom stereocenters. The number of rotatable bonds is 30. The van der Waals surface area contributed by atoms with Crippen LogP contribution in [0.25, 0.3) is 44.3 Å². The minimum atomic E-state index is -0.512. The molecule has 4 aliphatic rings. The highest BCUT2D eigenvalue weighted by Crippen LogP contribution is 2.34. The number of aromatic nitrogens is 6. The number of hydrogen-bond acceptors (Lipinski definition) is 17. The number of carbonyl (C=O) groups excluding carboxylic acids is 5. The van der Waals surface area contributed by atoms with E-state index in [1.807, 2.05) is 71.7 Å². The van der Waals surface area contributed by atoms with Gasteiger partial charge >= 0.3 is 6.09 Å². The largest absolute Gasteiger partial charge is 0.444 e. The van der Waals surface area contributed by atoms with Gasteiger partial charge in [0.05, 0.1) is 34.5 Å². The molecule has 4 fully saturated rings. The summed E-state index contributed by atoms with van der Waals surface area (Å²) < 4.78 is 20.6. The molecule has 8 aromatic rings. The van der Waals surface area contributed by atoms with E-state index >= 15 is 0 Å². The predicted octanol–water partition coefficient (Wildman–Crippen LogP) is 12.0. The van der Waals surface area contributed by atoms with Crippen LogP contribution in [0.4, 0.5) is 16.2 Å². The molecule has 2 atom stereocenters. The zero-order valence-electron chi connectivity index (χ0n) is 65.7. The molecule has 8 heterocycles. The predicted molar refractivity (Wildman–Crippen MR) is 429 cm³/mol. The van der Waals surface area contributed by atoms with E-state index in [0.29, 0.717) is 58.0 Å². The molecule has 0 bridgehead atoms. The maximum Gasteiger partial charge on any atom is 0.410 e. The van der Waals surface area contributed by atoms with Gasteiger partial charge in [-0.2, -0.15) is 10.2 Å². The second-order valence-corrected chi connectivity index (χ2v) is 30.5. The second kappa shape index (κ2) is 39.3. The number of anilines is 2. The number of piperazine rings is 2. The minimum Gasteiger partial charge on any atom is -0.444 e. The molecule has 7 N–H and O–H groups in total. The zero-order valence-corrected chi connectivity index (χ0v) is 65.7. The van der Waals surface area contributed by atoms with Crippen molar-refractivity contribution in [1.82, 2.24) is 70.8 Å². The Morgan fingerprint density at radius 3 is 1.32 bits per heavy atom. The van der Waals surface area contributed by atoms with Crippen LogP contribution in [-0.4, -0.2) is 169 Å². The van der Waals surface area contributed by atoms with Gasteiger partial charge < -0.3 is 56.3 Å². The first kappa shape index (κ1) is 80.7. The lowest BCUT2D eigenvalue weighted by atomic mass is 10.0. The van der Waals surface area contributed by atoms with Crippen molar-refractivity contribution in [1.29, 1.82) is 0 Å². The molecular weight excluding hydrogens is 1370 g/mol. The summed E-state index contributed by atoms with van der Waals surface area (Å²) in [5.41, 5.74) is 16.2. The lowest BCUT2D eigenvalue weighted by Crippen LogP contribution is -2.54. The highest BCUT2D eigenvalue weighted by Gasteiger charge is 2.32. The lowest BCUT2D eigenvalue weighted by Gasteiger charge is -2.40. The van der Waals surface area contributed by atoms with Crippen LogP contribution in [0.3, 0.4) is 0 Å². The summed E-state index contributed by atoms with van der Waals surface area (Å²) in [5, 5.41) is 34.4. The van der Waals surface area contributed by atoms with Crippen molar-refractivity contribution in [3.05, 3.63) is 154 Å². The van der Waals surface area contributed by atoms with Crippen LogP contribution in [-0.2, 0) is 98.6 Å². The third-order valence-electron chi connectivity index (χ3n) is 20.9. The quantitative estimate of drug-likeness (QED) is 0.0220. The first-order valence-corrected chi connectivity index (χ1v) is 39.8. The summed E-state index contributed by atoms with van der Waals surface area (Å²) in [6.45, 7) is 31.3. The number of ether oxygens (including phenoxy) is 3. The first-order chi connectivity index (χ1) is 52.8. The lowest BCUT2D eigenvalue weighted by molar-refractivity contribution is -0.124. The van der Waals surface area contributed by atoms with Gasteiger partial charge in [-0.25, -0.2) is 24.1 Å². The van der Waals surface area contributed by atoms with Crippen molar-refractivity contribution in [3.63, 3.8) is 0 Å². The Hall–Kier alpha value is -9.33. The second-order valence-electron chi connectivity index (χ2n) is 30.5. The number of hydrogen-bond donors (Lipinski definition) is 7. The molecule has 24 nitrogen and oxygen atoms in total. The molecule has 4 aromatic carbocycles. The third kappa shape index (κ3) is 22.9. The van der Waals surface area contributed by atoms with Crippen molar-refractivity contribution in [2.75, 3.05) is 76.3 Å². The SMILES string of the molecule is CCc1nc2c(cnn2CC)c(NC2CCOCC2)c1CNC(=O)CCCC(=O)NCc1cccc(-c2cccc(CN3CCN(C(=O)OC(C)(C)C)[C@@H](C)C3)c2)c1.CCc1nc2c(cnn2CC)c(NC2CCOCC2)c1CNC(=O)CCCC(=O)NCc1cccc(-c2cccc(CN3CCN[C@@H](C)C3)c2)c1. The van der Waals surface area contributed by atoms with E-state index in [1.165, 1.54) is 16.7 Å². The molecule has 109 heavy (non-hydrogen) atoms. The Morgan fingerprint density at radius 2 is 0.927 bits per heavy atom. The molecular formula is C85H116N16O8. The van der Waals surface area contributed by atoms with E-state index in [0.717, 1.165) is 208 Å². The van der Waals surface area contributed by atoms with Crippen LogP contribution < -0.4 is 37.2 Å². The Labute approximate surface area is 643 Å². The number of carbonyl (C=O) groups is 5. The third-order valence-corrected chi connectivity index (χ3v) is 20.9. The number of fused-ring (bicyclic) bond motifs is 2. The highest BCUT2D eigenvalue weighted by atomic mass is 16.6. The molecule has 0 radical (unpaired) electrons. The molecule has 0 spiro atoms. The summed E-state index contributed by atoms with van der Waals surface area (Å²) in [6.07, 6.45) is 10.7. The van der Waals surface area contributed by atoms with E-state index in [4.69, 9.17) is 24.2 Å². The van der Waals surface area contributed by atoms with Crippen molar-refractivity contribution < 1.29 is 38.2 Å². The topological polar surface area (TPSA) is 268 Å². The number of aryl methyl sites for hydroxylation is 4. The molecule has 584 valence electrons. The summed E-state index contributed by atoms with van der Waals surface area (Å²) in [5.74, 6) is -0.310. The van der Waals surface area contributed by atoms with Crippen LogP contribution in [0.1, 0.15) is 171 Å².